The number of nitrogens with two attached hydrogens (primary N) is 1. The van der Waals surface area contributed by atoms with Crippen LogP contribution in [0.15, 0.2) is 24.3 Å². The number of primary amides is 1. The van der Waals surface area contributed by atoms with Crippen molar-refractivity contribution < 1.29 is 22.7 Å². The molecule has 1 saturated heterocycles. The van der Waals surface area contributed by atoms with Crippen LogP contribution in [0.5, 0.6) is 0 Å². The zero-order chi connectivity index (χ0) is 17.0. The Kier molecular flexibility index (Phi) is 5.38. The highest BCUT2D eigenvalue weighted by Crippen LogP contribution is 2.20. The molecular weight excluding hydrogens is 320 g/mol. The van der Waals surface area contributed by atoms with Gasteiger partial charge in [0.05, 0.1) is 12.2 Å². The second kappa shape index (κ2) is 7.10. The molecular formula is C15H20N2O5S. The van der Waals surface area contributed by atoms with Crippen LogP contribution in [0.3, 0.4) is 0 Å². The molecule has 1 atom stereocenters. The first-order chi connectivity index (χ1) is 10.8. The predicted octanol–water partition coefficient (Wildman–Crippen LogP) is 0.500. The Balaban J connectivity index is 1.94. The van der Waals surface area contributed by atoms with Crippen LogP contribution in [0.4, 0.5) is 0 Å². The molecule has 1 aliphatic rings. The number of hydrogen-bond acceptors (Lipinski definition) is 5. The topological polar surface area (TPSA) is 107 Å². The first kappa shape index (κ1) is 17.4. The highest BCUT2D eigenvalue weighted by Gasteiger charge is 2.31. The molecule has 0 unspecified atom stereocenters. The summed E-state index contributed by atoms with van der Waals surface area (Å²) in [7, 11) is -3.30. The van der Waals surface area contributed by atoms with Gasteiger partial charge in [-0.3, -0.25) is 9.59 Å². The summed E-state index contributed by atoms with van der Waals surface area (Å²) in [6.07, 6.45) is 2.37. The van der Waals surface area contributed by atoms with Crippen molar-refractivity contribution in [1.82, 2.24) is 4.31 Å². The monoisotopic (exact) mass is 340 g/mol. The van der Waals surface area contributed by atoms with Crippen molar-refractivity contribution in [2.24, 2.45) is 11.7 Å². The Morgan fingerprint density at radius 3 is 2.78 bits per heavy atom. The standard InChI is InChI=1S/C15H20N2O5S/c1-23(20,21)17-7-3-6-13(9-17)15(19)22-10-11-4-2-5-12(8-11)14(16)18/h2,4-5,8,13H,3,6-7,9-10H2,1H3,(H2,16,18)/t13-/m1/s1. The van der Waals surface area contributed by atoms with Crippen LogP contribution < -0.4 is 5.73 Å². The zero-order valence-corrected chi connectivity index (χ0v) is 13.7. The summed E-state index contributed by atoms with van der Waals surface area (Å²) in [5, 5.41) is 0. The number of nitrogens with zero attached hydrogens (tertiary/aromatic N) is 1. The number of benzene rings is 1. The van der Waals surface area contributed by atoms with E-state index in [2.05, 4.69) is 0 Å². The first-order valence-corrected chi connectivity index (χ1v) is 9.12. The van der Waals surface area contributed by atoms with E-state index in [1.807, 2.05) is 0 Å². The Morgan fingerprint density at radius 1 is 1.39 bits per heavy atom. The highest BCUT2D eigenvalue weighted by atomic mass is 32.2. The Bertz CT molecular complexity index is 702. The smallest absolute Gasteiger partial charge is 0.310 e. The molecule has 2 N–H and O–H groups in total. The second-order valence-electron chi connectivity index (χ2n) is 5.63. The summed E-state index contributed by atoms with van der Waals surface area (Å²) in [6, 6.07) is 6.54. The lowest BCUT2D eigenvalue weighted by atomic mass is 10.00. The summed E-state index contributed by atoms with van der Waals surface area (Å²) < 4.78 is 29.7. The van der Waals surface area contributed by atoms with Crippen LogP contribution in [0.25, 0.3) is 0 Å². The van der Waals surface area contributed by atoms with E-state index in [9.17, 15) is 18.0 Å². The van der Waals surface area contributed by atoms with E-state index in [0.717, 1.165) is 6.26 Å². The van der Waals surface area contributed by atoms with Crippen molar-refractivity contribution in [3.63, 3.8) is 0 Å². The van der Waals surface area contributed by atoms with Gasteiger partial charge in [0.15, 0.2) is 0 Å². The average Bonchev–Trinajstić information content (AvgIpc) is 2.52. The average molecular weight is 340 g/mol. The lowest BCUT2D eigenvalue weighted by Crippen LogP contribution is -2.42. The van der Waals surface area contributed by atoms with Gasteiger partial charge in [-0.05, 0) is 30.5 Å². The SMILES string of the molecule is CS(=O)(=O)N1CCC[C@@H](C(=O)OCc2cccc(C(N)=O)c2)C1. The molecule has 1 heterocycles. The summed E-state index contributed by atoms with van der Waals surface area (Å²) in [5.74, 6) is -1.44. The van der Waals surface area contributed by atoms with Crippen molar-refractivity contribution in [2.75, 3.05) is 19.3 Å². The van der Waals surface area contributed by atoms with Gasteiger partial charge in [0.25, 0.3) is 0 Å². The van der Waals surface area contributed by atoms with Crippen LogP contribution >= 0.6 is 0 Å². The first-order valence-electron chi connectivity index (χ1n) is 7.28. The number of carbonyl (C=O) groups excluding carboxylic acids is 2. The molecule has 7 nitrogen and oxygen atoms in total. The van der Waals surface area contributed by atoms with Gasteiger partial charge >= 0.3 is 5.97 Å². The molecule has 0 radical (unpaired) electrons. The fourth-order valence-electron chi connectivity index (χ4n) is 2.52. The Morgan fingerprint density at radius 2 is 2.13 bits per heavy atom. The number of sulfonamides is 1. The van der Waals surface area contributed by atoms with Gasteiger partial charge in [-0.25, -0.2) is 12.7 Å². The number of rotatable bonds is 5. The lowest BCUT2D eigenvalue weighted by Gasteiger charge is -2.29. The summed E-state index contributed by atoms with van der Waals surface area (Å²) in [5.41, 5.74) is 6.21. The van der Waals surface area contributed by atoms with Crippen molar-refractivity contribution >= 4 is 21.9 Å². The molecule has 0 aromatic heterocycles. The van der Waals surface area contributed by atoms with Gasteiger partial charge in [-0.1, -0.05) is 12.1 Å². The molecule has 2 rings (SSSR count). The minimum atomic E-state index is -3.30. The predicted molar refractivity (Wildman–Crippen MR) is 83.9 cm³/mol. The van der Waals surface area contributed by atoms with Crippen molar-refractivity contribution in [3.8, 4) is 0 Å². The van der Waals surface area contributed by atoms with E-state index in [1.54, 1.807) is 24.3 Å². The fraction of sp³-hybridized carbons (Fsp3) is 0.467. The number of ether oxygens (including phenoxy) is 1. The molecule has 0 spiro atoms. The molecule has 1 aromatic rings. The maximum Gasteiger partial charge on any atom is 0.310 e. The highest BCUT2D eigenvalue weighted by molar-refractivity contribution is 7.88. The van der Waals surface area contributed by atoms with E-state index in [-0.39, 0.29) is 13.2 Å². The number of esters is 1. The van der Waals surface area contributed by atoms with E-state index in [4.69, 9.17) is 10.5 Å². The van der Waals surface area contributed by atoms with Crippen molar-refractivity contribution in [2.45, 2.75) is 19.4 Å². The third kappa shape index (κ3) is 4.77. The van der Waals surface area contributed by atoms with Gasteiger partial charge in [0, 0.05) is 18.7 Å². The fourth-order valence-corrected chi connectivity index (χ4v) is 3.43. The Labute approximate surface area is 135 Å². The molecule has 0 saturated carbocycles. The third-order valence-corrected chi connectivity index (χ3v) is 5.05. The van der Waals surface area contributed by atoms with Gasteiger partial charge in [0.1, 0.15) is 6.61 Å². The molecule has 8 heteroatoms. The molecule has 0 bridgehead atoms. The van der Waals surface area contributed by atoms with Crippen LogP contribution in [-0.2, 0) is 26.2 Å². The minimum Gasteiger partial charge on any atom is -0.461 e. The van der Waals surface area contributed by atoms with Crippen LogP contribution in [0.2, 0.25) is 0 Å². The largest absolute Gasteiger partial charge is 0.461 e. The molecule has 23 heavy (non-hydrogen) atoms. The maximum atomic E-state index is 12.1. The van der Waals surface area contributed by atoms with E-state index >= 15 is 0 Å². The Hall–Kier alpha value is -1.93. The maximum absolute atomic E-state index is 12.1. The summed E-state index contributed by atoms with van der Waals surface area (Å²) in [6.45, 7) is 0.609. The molecule has 126 valence electrons. The number of hydrogen-bond donors (Lipinski definition) is 1. The van der Waals surface area contributed by atoms with Crippen LogP contribution in [0, 0.1) is 5.92 Å². The quantitative estimate of drug-likeness (QED) is 0.786. The third-order valence-electron chi connectivity index (χ3n) is 3.78. The van der Waals surface area contributed by atoms with E-state index < -0.39 is 27.8 Å². The van der Waals surface area contributed by atoms with E-state index in [1.165, 1.54) is 4.31 Å². The molecule has 1 aromatic carbocycles. The van der Waals surface area contributed by atoms with Crippen LogP contribution in [-0.4, -0.2) is 43.9 Å². The second-order valence-corrected chi connectivity index (χ2v) is 7.61. The zero-order valence-electron chi connectivity index (χ0n) is 12.9. The number of piperidine rings is 1. The summed E-state index contributed by atoms with van der Waals surface area (Å²) in [4.78, 5) is 23.2. The van der Waals surface area contributed by atoms with Gasteiger partial charge in [0.2, 0.25) is 15.9 Å². The number of carbonyl (C=O) groups is 2. The van der Waals surface area contributed by atoms with Gasteiger partial charge < -0.3 is 10.5 Å². The molecule has 0 aliphatic carbocycles. The van der Waals surface area contributed by atoms with Gasteiger partial charge in [-0.15, -0.1) is 0 Å². The van der Waals surface area contributed by atoms with Gasteiger partial charge in [-0.2, -0.15) is 0 Å². The minimum absolute atomic E-state index is 0.0231. The molecule has 1 amide bonds. The van der Waals surface area contributed by atoms with Crippen LogP contribution in [0.1, 0.15) is 28.8 Å². The van der Waals surface area contributed by atoms with Crippen molar-refractivity contribution in [1.29, 1.82) is 0 Å². The number of amides is 1. The van der Waals surface area contributed by atoms with Crippen molar-refractivity contribution in [3.05, 3.63) is 35.4 Å². The van der Waals surface area contributed by atoms with E-state index in [0.29, 0.717) is 30.5 Å². The molecule has 1 fully saturated rings. The normalized spacial score (nSPS) is 19.3. The molecule has 1 aliphatic heterocycles. The summed E-state index contributed by atoms with van der Waals surface area (Å²) >= 11 is 0. The lowest BCUT2D eigenvalue weighted by molar-refractivity contribution is -0.151.